The van der Waals surface area contributed by atoms with E-state index >= 15 is 0 Å². The molecule has 128 valence electrons. The Balaban J connectivity index is 6.44. The molecular formula is C12H36N7P2+. The summed E-state index contributed by atoms with van der Waals surface area (Å²) < 4.78 is 16.7. The standard InChI is InChI=1S/C12H36N7P2/c1-12-13-20(15(2)3,16(4)5)14-21(17(6)7,18(8)9)19(10)11/h13H,12H2,1-11H3/q+1. The monoisotopic (exact) mass is 340 g/mol. The van der Waals surface area contributed by atoms with E-state index in [9.17, 15) is 0 Å². The summed E-state index contributed by atoms with van der Waals surface area (Å²) in [5.74, 6) is 0. The molecule has 0 spiro atoms. The smallest absolute Gasteiger partial charge is 0.257 e. The first-order valence-corrected chi connectivity index (χ1v) is 10.4. The van der Waals surface area contributed by atoms with Crippen LogP contribution in [0.4, 0.5) is 0 Å². The van der Waals surface area contributed by atoms with Crippen LogP contribution < -0.4 is 5.09 Å². The Hall–Kier alpha value is 0.420. The summed E-state index contributed by atoms with van der Waals surface area (Å²) in [6.07, 6.45) is 0. The zero-order valence-corrected chi connectivity index (χ0v) is 17.6. The Labute approximate surface area is 133 Å². The molecule has 0 aromatic heterocycles. The van der Waals surface area contributed by atoms with Crippen molar-refractivity contribution in [2.45, 2.75) is 6.92 Å². The Bertz CT molecular complexity index is 333. The van der Waals surface area contributed by atoms with Crippen molar-refractivity contribution in [3.05, 3.63) is 0 Å². The van der Waals surface area contributed by atoms with Gasteiger partial charge in [-0.3, -0.25) is 5.09 Å². The van der Waals surface area contributed by atoms with Crippen molar-refractivity contribution in [2.75, 3.05) is 77.0 Å². The molecule has 1 N–H and O–H groups in total. The van der Waals surface area contributed by atoms with Crippen LogP contribution in [0.25, 0.3) is 0 Å². The number of nitrogens with one attached hydrogen (secondary N) is 1. The molecule has 0 rings (SSSR count). The van der Waals surface area contributed by atoms with Crippen LogP contribution in [-0.4, -0.2) is 100 Å². The highest BCUT2D eigenvalue weighted by Gasteiger charge is 2.51. The molecule has 0 aliphatic rings. The summed E-state index contributed by atoms with van der Waals surface area (Å²) in [5, 5.41) is 3.66. The Morgan fingerprint density at radius 3 is 1.29 bits per heavy atom. The highest BCUT2D eigenvalue weighted by Crippen LogP contribution is 2.72. The van der Waals surface area contributed by atoms with Crippen molar-refractivity contribution in [3.8, 4) is 0 Å². The van der Waals surface area contributed by atoms with Gasteiger partial charge in [-0.1, -0.05) is 6.92 Å². The molecule has 0 heterocycles. The molecule has 0 atom stereocenters. The highest BCUT2D eigenvalue weighted by molar-refractivity contribution is 7.75. The van der Waals surface area contributed by atoms with Gasteiger partial charge in [-0.05, 0) is 39.3 Å². The van der Waals surface area contributed by atoms with Gasteiger partial charge in [0.25, 0.3) is 0 Å². The zero-order chi connectivity index (χ0) is 17.0. The quantitative estimate of drug-likeness (QED) is 0.682. The van der Waals surface area contributed by atoms with Gasteiger partial charge in [-0.15, -0.1) is 14.0 Å². The van der Waals surface area contributed by atoms with Crippen LogP contribution in [0.5, 0.6) is 0 Å². The molecule has 0 saturated heterocycles. The second-order valence-corrected chi connectivity index (χ2v) is 13.2. The lowest BCUT2D eigenvalue weighted by Gasteiger charge is -2.41. The first-order chi connectivity index (χ1) is 9.48. The average molecular weight is 340 g/mol. The van der Waals surface area contributed by atoms with E-state index in [2.05, 4.69) is 106 Å². The maximum Gasteiger partial charge on any atom is 0.355 e. The lowest BCUT2D eigenvalue weighted by molar-refractivity contribution is 0.458. The SMILES string of the molecule is CCNP(=N[P+](N(C)C)(N(C)C)N(C)C)(N(C)C)N(C)C. The first kappa shape index (κ1) is 21.4. The normalized spacial score (nSPS) is 14.1. The van der Waals surface area contributed by atoms with Crippen molar-refractivity contribution >= 4 is 15.4 Å². The van der Waals surface area contributed by atoms with Crippen LogP contribution in [0, 0.1) is 0 Å². The van der Waals surface area contributed by atoms with E-state index in [1.807, 2.05) is 0 Å². The van der Waals surface area contributed by atoms with Gasteiger partial charge in [0.15, 0.2) is 0 Å². The average Bonchev–Trinajstić information content (AvgIpc) is 2.32. The molecule has 0 aromatic carbocycles. The zero-order valence-electron chi connectivity index (χ0n) is 15.8. The Kier molecular flexibility index (Phi) is 8.49. The molecule has 7 nitrogen and oxygen atoms in total. The van der Waals surface area contributed by atoms with Gasteiger partial charge in [0.2, 0.25) is 7.51 Å². The second-order valence-electron chi connectivity index (χ2n) is 5.94. The molecule has 0 radical (unpaired) electrons. The number of rotatable bonds is 8. The summed E-state index contributed by atoms with van der Waals surface area (Å²) in [6.45, 7) is 3.03. The summed E-state index contributed by atoms with van der Waals surface area (Å²) in [5.41, 5.74) is 0. The van der Waals surface area contributed by atoms with Crippen LogP contribution in [0.15, 0.2) is 4.52 Å². The molecule has 0 amide bonds. The molecule has 21 heavy (non-hydrogen) atoms. The van der Waals surface area contributed by atoms with E-state index in [1.165, 1.54) is 0 Å². The molecule has 0 aliphatic carbocycles. The van der Waals surface area contributed by atoms with E-state index in [1.54, 1.807) is 0 Å². The van der Waals surface area contributed by atoms with Crippen molar-refractivity contribution in [1.82, 2.24) is 28.4 Å². The molecule has 0 saturated carbocycles. The van der Waals surface area contributed by atoms with E-state index in [-0.39, 0.29) is 0 Å². The molecule has 0 bridgehead atoms. The molecule has 0 unspecified atom stereocenters. The van der Waals surface area contributed by atoms with E-state index in [0.717, 1.165) is 6.54 Å². The fourth-order valence-electron chi connectivity index (χ4n) is 2.53. The minimum Gasteiger partial charge on any atom is -0.257 e. The van der Waals surface area contributed by atoms with Crippen LogP contribution in [0.1, 0.15) is 6.92 Å². The first-order valence-electron chi connectivity index (χ1n) is 7.16. The van der Waals surface area contributed by atoms with Crippen molar-refractivity contribution in [2.24, 2.45) is 4.52 Å². The highest BCUT2D eigenvalue weighted by atomic mass is 31.2. The second kappa shape index (κ2) is 8.32. The third-order valence-electron chi connectivity index (χ3n) is 3.34. The molecule has 0 fully saturated rings. The Morgan fingerprint density at radius 2 is 1.10 bits per heavy atom. The number of nitrogens with zero attached hydrogens (tertiary/aromatic N) is 6. The summed E-state index contributed by atoms with van der Waals surface area (Å²) >= 11 is 0. The number of hydrogen-bond acceptors (Lipinski definition) is 4. The predicted octanol–water partition coefficient (Wildman–Crippen LogP) is 2.03. The van der Waals surface area contributed by atoms with Gasteiger partial charge in [-0.25, -0.2) is 9.34 Å². The van der Waals surface area contributed by atoms with Crippen LogP contribution in [-0.2, 0) is 0 Å². The lowest BCUT2D eigenvalue weighted by atomic mass is 10.8. The topological polar surface area (TPSA) is 40.6 Å². The van der Waals surface area contributed by atoms with Crippen LogP contribution in [0.3, 0.4) is 0 Å². The lowest BCUT2D eigenvalue weighted by Crippen LogP contribution is -2.37. The van der Waals surface area contributed by atoms with Crippen LogP contribution in [0.2, 0.25) is 0 Å². The summed E-state index contributed by atoms with van der Waals surface area (Å²) in [7, 11) is 17.2. The minimum absolute atomic E-state index is 0.891. The van der Waals surface area contributed by atoms with E-state index in [4.69, 9.17) is 4.52 Å². The predicted molar refractivity (Wildman–Crippen MR) is 98.4 cm³/mol. The van der Waals surface area contributed by atoms with Crippen LogP contribution >= 0.6 is 15.4 Å². The van der Waals surface area contributed by atoms with Crippen molar-refractivity contribution < 1.29 is 0 Å². The molecule has 9 heteroatoms. The maximum atomic E-state index is 5.47. The maximum absolute atomic E-state index is 5.47. The summed E-state index contributed by atoms with van der Waals surface area (Å²) in [6, 6.07) is 0. The van der Waals surface area contributed by atoms with Gasteiger partial charge in [0.1, 0.15) is 0 Å². The minimum atomic E-state index is -1.96. The fourth-order valence-corrected chi connectivity index (χ4v) is 11.2. The Morgan fingerprint density at radius 1 is 0.762 bits per heavy atom. The number of hydrogen-bond donors (Lipinski definition) is 1. The van der Waals surface area contributed by atoms with Gasteiger partial charge in [0.05, 0.1) is 0 Å². The fraction of sp³-hybridized carbons (Fsp3) is 1.00. The molecule has 0 aliphatic heterocycles. The van der Waals surface area contributed by atoms with Crippen molar-refractivity contribution in [3.63, 3.8) is 0 Å². The van der Waals surface area contributed by atoms with Gasteiger partial charge in [0, 0.05) is 42.3 Å². The van der Waals surface area contributed by atoms with E-state index < -0.39 is 15.4 Å². The van der Waals surface area contributed by atoms with Gasteiger partial charge < -0.3 is 0 Å². The van der Waals surface area contributed by atoms with Gasteiger partial charge >= 0.3 is 7.87 Å². The summed E-state index contributed by atoms with van der Waals surface area (Å²) in [4.78, 5) is 0. The third kappa shape index (κ3) is 4.24. The molecule has 0 aromatic rings. The van der Waals surface area contributed by atoms with Crippen molar-refractivity contribution in [1.29, 1.82) is 0 Å². The van der Waals surface area contributed by atoms with Gasteiger partial charge in [-0.2, -0.15) is 0 Å². The largest absolute Gasteiger partial charge is 0.355 e. The third-order valence-corrected chi connectivity index (χ3v) is 11.5. The molecular weight excluding hydrogens is 304 g/mol. The van der Waals surface area contributed by atoms with E-state index in [0.29, 0.717) is 0 Å².